The zero-order chi connectivity index (χ0) is 28.2. The van der Waals surface area contributed by atoms with Crippen molar-refractivity contribution in [3.05, 3.63) is 42.0 Å². The molecule has 0 aromatic heterocycles. The average Bonchev–Trinajstić information content (AvgIpc) is 3.30. The predicted octanol–water partition coefficient (Wildman–Crippen LogP) is 10.1. The van der Waals surface area contributed by atoms with E-state index < -0.39 is 6.10 Å². The molecule has 0 saturated heterocycles. The van der Waals surface area contributed by atoms with Crippen molar-refractivity contribution in [2.24, 2.45) is 34.5 Å². The van der Waals surface area contributed by atoms with Gasteiger partial charge in [0.2, 0.25) is 0 Å². The Morgan fingerprint density at radius 3 is 2.48 bits per heavy atom. The fourth-order valence-electron chi connectivity index (χ4n) is 9.68. The summed E-state index contributed by atoms with van der Waals surface area (Å²) in [7, 11) is 0. The van der Waals surface area contributed by atoms with Crippen LogP contribution in [0.5, 0.6) is 5.75 Å². The van der Waals surface area contributed by atoms with Crippen molar-refractivity contribution in [2.75, 3.05) is 0 Å². The molecule has 0 unspecified atom stereocenters. The quantitative estimate of drug-likeness (QED) is 0.148. The third-order valence-corrected chi connectivity index (χ3v) is 12.1. The molecule has 0 aliphatic heterocycles. The summed E-state index contributed by atoms with van der Waals surface area (Å²) in [6.07, 6.45) is 22.7. The van der Waals surface area contributed by atoms with Crippen molar-refractivity contribution in [2.45, 2.75) is 143 Å². The van der Waals surface area contributed by atoms with Crippen molar-refractivity contribution in [1.29, 1.82) is 0 Å². The third-order valence-electron chi connectivity index (χ3n) is 12.1. The second-order valence-corrected chi connectivity index (χ2v) is 14.3. The van der Waals surface area contributed by atoms with Crippen molar-refractivity contribution in [3.63, 3.8) is 0 Å². The standard InChI is InChI=1S/C37H56O3/c1-5-7-8-9-10-12-15-27-19-21-32-31-20-18-28-26-30(22-24-37(28,4)33(31)23-25-36(27,32)3)40-35(38)34(6-2)39-29-16-13-11-14-17-29/h11,13-14,16-18,27,30-34H,5-10,12,15,19-26H2,1-4H3/t27-,30+,31-,32-,33+,34-,36-,37+/m1/s1. The maximum absolute atomic E-state index is 13.1. The number of hydrogen-bond donors (Lipinski definition) is 0. The van der Waals surface area contributed by atoms with Crippen LogP contribution in [0.2, 0.25) is 0 Å². The number of benzene rings is 1. The lowest BCUT2D eigenvalue weighted by Gasteiger charge is -2.58. The molecule has 40 heavy (non-hydrogen) atoms. The molecule has 0 bridgehead atoms. The molecule has 0 amide bonds. The highest BCUT2D eigenvalue weighted by Gasteiger charge is 2.58. The fourth-order valence-corrected chi connectivity index (χ4v) is 9.68. The summed E-state index contributed by atoms with van der Waals surface area (Å²) < 4.78 is 12.1. The summed E-state index contributed by atoms with van der Waals surface area (Å²) >= 11 is 0. The summed E-state index contributed by atoms with van der Waals surface area (Å²) in [5.41, 5.74) is 2.43. The van der Waals surface area contributed by atoms with Crippen molar-refractivity contribution in [1.82, 2.24) is 0 Å². The molecular weight excluding hydrogens is 492 g/mol. The molecule has 3 fully saturated rings. The Morgan fingerprint density at radius 1 is 0.925 bits per heavy atom. The van der Waals surface area contributed by atoms with E-state index >= 15 is 0 Å². The van der Waals surface area contributed by atoms with Crippen LogP contribution in [0, 0.1) is 34.5 Å². The number of ether oxygens (including phenoxy) is 2. The Morgan fingerprint density at radius 2 is 1.70 bits per heavy atom. The SMILES string of the molecule is CCCCCCCC[C@@H]1CC[C@@H]2[C@H]3CC=C4C[C@@H](OC(=O)[C@@H](CC)Oc5ccccc5)CC[C@]4(C)[C@H]3CC[C@]12C. The smallest absolute Gasteiger partial charge is 0.347 e. The van der Waals surface area contributed by atoms with Gasteiger partial charge >= 0.3 is 5.97 Å². The van der Waals surface area contributed by atoms with Gasteiger partial charge in [-0.05, 0) is 104 Å². The maximum atomic E-state index is 13.1. The Bertz CT molecular complexity index is 1000. The summed E-state index contributed by atoms with van der Waals surface area (Å²) in [4.78, 5) is 13.1. The van der Waals surface area contributed by atoms with Crippen LogP contribution in [0.25, 0.3) is 0 Å². The number of fused-ring (bicyclic) bond motifs is 5. The highest BCUT2D eigenvalue weighted by Crippen LogP contribution is 2.66. The lowest BCUT2D eigenvalue weighted by molar-refractivity contribution is -0.160. The number of carbonyl (C=O) groups is 1. The summed E-state index contributed by atoms with van der Waals surface area (Å²) in [5, 5.41) is 0. The second-order valence-electron chi connectivity index (χ2n) is 14.3. The van der Waals surface area contributed by atoms with Crippen LogP contribution in [-0.4, -0.2) is 18.2 Å². The monoisotopic (exact) mass is 548 g/mol. The molecule has 3 heteroatoms. The van der Waals surface area contributed by atoms with Crippen molar-refractivity contribution >= 4 is 5.97 Å². The van der Waals surface area contributed by atoms with Gasteiger partial charge in [0, 0.05) is 6.42 Å². The molecular formula is C37H56O3. The van der Waals surface area contributed by atoms with E-state index in [1.165, 1.54) is 77.0 Å². The molecule has 222 valence electrons. The Kier molecular flexibility index (Phi) is 9.68. The number of hydrogen-bond acceptors (Lipinski definition) is 3. The predicted molar refractivity (Wildman–Crippen MR) is 164 cm³/mol. The van der Waals surface area contributed by atoms with Crippen LogP contribution in [0.1, 0.15) is 130 Å². The van der Waals surface area contributed by atoms with Gasteiger partial charge in [-0.1, -0.05) is 96.1 Å². The summed E-state index contributed by atoms with van der Waals surface area (Å²) in [6, 6.07) is 9.64. The number of unbranched alkanes of at least 4 members (excludes halogenated alkanes) is 5. The molecule has 0 N–H and O–H groups in total. The lowest BCUT2D eigenvalue weighted by Crippen LogP contribution is -2.50. The van der Waals surface area contributed by atoms with Crippen LogP contribution in [0.4, 0.5) is 0 Å². The molecule has 4 aliphatic carbocycles. The van der Waals surface area contributed by atoms with Gasteiger partial charge in [0.1, 0.15) is 11.9 Å². The lowest BCUT2D eigenvalue weighted by atomic mass is 9.47. The van der Waals surface area contributed by atoms with Gasteiger partial charge < -0.3 is 9.47 Å². The first-order chi connectivity index (χ1) is 19.4. The van der Waals surface area contributed by atoms with Crippen LogP contribution in [0.15, 0.2) is 42.0 Å². The molecule has 1 aromatic carbocycles. The van der Waals surface area contributed by atoms with Gasteiger partial charge in [0.25, 0.3) is 0 Å². The molecule has 8 atom stereocenters. The van der Waals surface area contributed by atoms with Gasteiger partial charge in [-0.15, -0.1) is 0 Å². The normalized spacial score (nSPS) is 35.6. The maximum Gasteiger partial charge on any atom is 0.347 e. The van der Waals surface area contributed by atoms with Crippen molar-refractivity contribution in [3.8, 4) is 5.75 Å². The molecule has 5 rings (SSSR count). The number of para-hydroxylation sites is 1. The molecule has 0 heterocycles. The van der Waals surface area contributed by atoms with E-state index in [0.29, 0.717) is 11.8 Å². The zero-order valence-corrected chi connectivity index (χ0v) is 26.0. The van der Waals surface area contributed by atoms with E-state index in [1.807, 2.05) is 37.3 Å². The minimum Gasteiger partial charge on any atom is -0.479 e. The second kappa shape index (κ2) is 13.0. The molecule has 1 aromatic rings. The van der Waals surface area contributed by atoms with E-state index in [2.05, 4.69) is 26.8 Å². The Labute approximate surface area is 244 Å². The largest absolute Gasteiger partial charge is 0.479 e. The van der Waals surface area contributed by atoms with Crippen LogP contribution in [-0.2, 0) is 9.53 Å². The first-order valence-corrected chi connectivity index (χ1v) is 17.0. The average molecular weight is 549 g/mol. The van der Waals surface area contributed by atoms with E-state index in [0.717, 1.165) is 48.7 Å². The number of rotatable bonds is 12. The first-order valence-electron chi connectivity index (χ1n) is 17.0. The molecule has 4 aliphatic rings. The highest BCUT2D eigenvalue weighted by molar-refractivity contribution is 5.75. The minimum absolute atomic E-state index is 0.0150. The van der Waals surface area contributed by atoms with Crippen LogP contribution < -0.4 is 4.74 Å². The van der Waals surface area contributed by atoms with Gasteiger partial charge in [-0.3, -0.25) is 0 Å². The molecule has 3 nitrogen and oxygen atoms in total. The van der Waals surface area contributed by atoms with E-state index in [1.54, 1.807) is 5.57 Å². The Hall–Kier alpha value is -1.77. The van der Waals surface area contributed by atoms with Gasteiger partial charge in [-0.25, -0.2) is 4.79 Å². The van der Waals surface area contributed by atoms with Crippen LogP contribution in [0.3, 0.4) is 0 Å². The van der Waals surface area contributed by atoms with Gasteiger partial charge in [-0.2, -0.15) is 0 Å². The first kappa shape index (κ1) is 29.7. The summed E-state index contributed by atoms with van der Waals surface area (Å²) in [5.74, 6) is 4.04. The highest BCUT2D eigenvalue weighted by atomic mass is 16.6. The van der Waals surface area contributed by atoms with E-state index in [-0.39, 0.29) is 17.5 Å². The fraction of sp³-hybridized carbons (Fsp3) is 0.757. The van der Waals surface area contributed by atoms with Gasteiger partial charge in [0.05, 0.1) is 0 Å². The molecule has 3 saturated carbocycles. The molecule has 0 radical (unpaired) electrons. The molecule has 0 spiro atoms. The van der Waals surface area contributed by atoms with Crippen molar-refractivity contribution < 1.29 is 14.3 Å². The zero-order valence-electron chi connectivity index (χ0n) is 26.0. The minimum atomic E-state index is -0.539. The van der Waals surface area contributed by atoms with Crippen LogP contribution >= 0.6 is 0 Å². The number of carbonyl (C=O) groups excluding carboxylic acids is 1. The summed E-state index contributed by atoms with van der Waals surface area (Å²) in [6.45, 7) is 9.55. The topological polar surface area (TPSA) is 35.5 Å². The number of allylic oxidation sites excluding steroid dienone is 1. The Balaban J connectivity index is 1.17. The number of esters is 1. The van der Waals surface area contributed by atoms with Gasteiger partial charge in [0.15, 0.2) is 6.10 Å². The third kappa shape index (κ3) is 6.05. The van der Waals surface area contributed by atoms with E-state index in [9.17, 15) is 4.79 Å². The van der Waals surface area contributed by atoms with E-state index in [4.69, 9.17) is 9.47 Å².